The van der Waals surface area contributed by atoms with Gasteiger partial charge in [-0.25, -0.2) is 18.1 Å². The highest BCUT2D eigenvalue weighted by Gasteiger charge is 2.26. The minimum Gasteiger partial charge on any atom is -0.378 e. The van der Waals surface area contributed by atoms with Crippen LogP contribution in [0.4, 0.5) is 0 Å². The van der Waals surface area contributed by atoms with Crippen LogP contribution < -0.4 is 4.72 Å². The molecule has 2 heterocycles. The average molecular weight is 273 g/mol. The maximum Gasteiger partial charge on any atom is 0.257 e. The second-order valence-corrected chi connectivity index (χ2v) is 6.25. The zero-order valence-electron chi connectivity index (χ0n) is 10.6. The predicted octanol–water partition coefficient (Wildman–Crippen LogP) is 0.818. The minimum atomic E-state index is -3.50. The molecule has 1 saturated heterocycles. The number of imidazole rings is 1. The first-order chi connectivity index (χ1) is 8.51. The lowest BCUT2D eigenvalue weighted by Gasteiger charge is -2.27. The van der Waals surface area contributed by atoms with Gasteiger partial charge in [-0.2, -0.15) is 0 Å². The van der Waals surface area contributed by atoms with Gasteiger partial charge in [0.1, 0.15) is 5.82 Å². The van der Waals surface area contributed by atoms with Crippen molar-refractivity contribution in [3.05, 3.63) is 12.0 Å². The first-order valence-electron chi connectivity index (χ1n) is 6.19. The highest BCUT2D eigenvalue weighted by atomic mass is 32.2. The second kappa shape index (κ2) is 5.38. The average Bonchev–Trinajstić information content (AvgIpc) is 2.77. The zero-order chi connectivity index (χ0) is 13.2. The number of H-pyrrole nitrogens is 1. The second-order valence-electron chi connectivity index (χ2n) is 4.57. The van der Waals surface area contributed by atoms with Crippen LogP contribution in [0.15, 0.2) is 11.2 Å². The molecule has 0 bridgehead atoms. The Morgan fingerprint density at radius 3 is 3.00 bits per heavy atom. The summed E-state index contributed by atoms with van der Waals surface area (Å²) >= 11 is 0. The van der Waals surface area contributed by atoms with Crippen molar-refractivity contribution in [2.75, 3.05) is 6.61 Å². The Bertz CT molecular complexity index is 497. The molecule has 7 heteroatoms. The van der Waals surface area contributed by atoms with Gasteiger partial charge in [-0.3, -0.25) is 0 Å². The fraction of sp³-hybridized carbons (Fsp3) is 0.727. The van der Waals surface area contributed by atoms with E-state index in [1.54, 1.807) is 0 Å². The molecule has 18 heavy (non-hydrogen) atoms. The molecule has 1 aliphatic heterocycles. The van der Waals surface area contributed by atoms with Crippen molar-refractivity contribution in [1.29, 1.82) is 0 Å². The van der Waals surface area contributed by atoms with Gasteiger partial charge in [-0.15, -0.1) is 0 Å². The maximum absolute atomic E-state index is 12.1. The van der Waals surface area contributed by atoms with Crippen molar-refractivity contribution < 1.29 is 13.2 Å². The van der Waals surface area contributed by atoms with Gasteiger partial charge in [0.25, 0.3) is 10.0 Å². The van der Waals surface area contributed by atoms with Crippen molar-refractivity contribution in [2.24, 2.45) is 0 Å². The lowest BCUT2D eigenvalue weighted by atomic mass is 10.1. The molecule has 0 aromatic carbocycles. The summed E-state index contributed by atoms with van der Waals surface area (Å²) < 4.78 is 32.3. The van der Waals surface area contributed by atoms with Crippen molar-refractivity contribution in [1.82, 2.24) is 14.7 Å². The number of hydrogen-bond donors (Lipinski definition) is 2. The fourth-order valence-corrected chi connectivity index (χ4v) is 3.27. The predicted molar refractivity (Wildman–Crippen MR) is 66.7 cm³/mol. The van der Waals surface area contributed by atoms with Crippen LogP contribution in [0, 0.1) is 0 Å². The minimum absolute atomic E-state index is 0.0628. The molecule has 1 fully saturated rings. The molecule has 2 N–H and O–H groups in total. The fourth-order valence-electron chi connectivity index (χ4n) is 2.05. The summed E-state index contributed by atoms with van der Waals surface area (Å²) in [5, 5.41) is 0.137. The van der Waals surface area contributed by atoms with Gasteiger partial charge >= 0.3 is 0 Å². The smallest absolute Gasteiger partial charge is 0.257 e. The normalized spacial score (nSPS) is 25.2. The van der Waals surface area contributed by atoms with E-state index in [2.05, 4.69) is 14.7 Å². The largest absolute Gasteiger partial charge is 0.378 e. The molecule has 6 nitrogen and oxygen atoms in total. The van der Waals surface area contributed by atoms with Gasteiger partial charge in [0.05, 0.1) is 12.3 Å². The molecule has 2 unspecified atom stereocenters. The third-order valence-electron chi connectivity index (χ3n) is 3.04. The van der Waals surface area contributed by atoms with Gasteiger partial charge < -0.3 is 9.72 Å². The van der Waals surface area contributed by atoms with Crippen molar-refractivity contribution >= 4 is 10.0 Å². The molecule has 1 aromatic heterocycles. The van der Waals surface area contributed by atoms with E-state index >= 15 is 0 Å². The van der Waals surface area contributed by atoms with E-state index < -0.39 is 10.0 Å². The Morgan fingerprint density at radius 2 is 2.39 bits per heavy atom. The number of nitrogens with one attached hydrogen (secondary N) is 2. The summed E-state index contributed by atoms with van der Waals surface area (Å²) in [7, 11) is -3.50. The van der Waals surface area contributed by atoms with E-state index in [1.165, 1.54) is 6.20 Å². The van der Waals surface area contributed by atoms with Crippen molar-refractivity contribution in [3.8, 4) is 0 Å². The number of hydrogen-bond acceptors (Lipinski definition) is 4. The first-order valence-corrected chi connectivity index (χ1v) is 7.67. The SMILES string of the molecule is CCc1ncc(S(=O)(=O)NC2CCOC(C)C2)[nH]1. The molecule has 0 saturated carbocycles. The quantitative estimate of drug-likeness (QED) is 0.850. The summed E-state index contributed by atoms with van der Waals surface area (Å²) in [5.74, 6) is 0.677. The van der Waals surface area contributed by atoms with Crippen LogP contribution in [0.1, 0.15) is 32.5 Å². The number of rotatable bonds is 4. The molecule has 102 valence electrons. The summed E-state index contributed by atoms with van der Waals surface area (Å²) in [6, 6.07) is -0.0628. The molecular formula is C11H19N3O3S. The van der Waals surface area contributed by atoms with Crippen LogP contribution in [0.3, 0.4) is 0 Å². The molecule has 2 rings (SSSR count). The molecule has 0 spiro atoms. The van der Waals surface area contributed by atoms with Crippen LogP contribution >= 0.6 is 0 Å². The van der Waals surface area contributed by atoms with Gasteiger partial charge in [0.15, 0.2) is 5.03 Å². The Kier molecular flexibility index (Phi) is 4.04. The van der Waals surface area contributed by atoms with Crippen LogP contribution in [0.25, 0.3) is 0 Å². The molecule has 1 aromatic rings. The Balaban J connectivity index is 2.06. The van der Waals surface area contributed by atoms with E-state index in [0.29, 0.717) is 31.7 Å². The van der Waals surface area contributed by atoms with Crippen LogP contribution in [0.2, 0.25) is 0 Å². The monoisotopic (exact) mass is 273 g/mol. The van der Waals surface area contributed by atoms with Crippen LogP contribution in [-0.2, 0) is 21.2 Å². The first kappa shape index (κ1) is 13.5. The number of sulfonamides is 1. The number of aryl methyl sites for hydroxylation is 1. The standard InChI is InChI=1S/C11H19N3O3S/c1-3-10-12-7-11(13-10)18(15,16)14-9-4-5-17-8(2)6-9/h7-9,14H,3-6H2,1-2H3,(H,12,13). The molecule has 0 radical (unpaired) electrons. The molecule has 0 aliphatic carbocycles. The number of aromatic amines is 1. The van der Waals surface area contributed by atoms with Crippen LogP contribution in [-0.4, -0.2) is 37.1 Å². The Labute approximate surface area is 107 Å². The lowest BCUT2D eigenvalue weighted by Crippen LogP contribution is -2.41. The highest BCUT2D eigenvalue weighted by Crippen LogP contribution is 2.16. The number of ether oxygens (including phenoxy) is 1. The van der Waals surface area contributed by atoms with Crippen molar-refractivity contribution in [3.63, 3.8) is 0 Å². The van der Waals surface area contributed by atoms with E-state index in [1.807, 2.05) is 13.8 Å². The van der Waals surface area contributed by atoms with E-state index in [-0.39, 0.29) is 17.2 Å². The van der Waals surface area contributed by atoms with Gasteiger partial charge in [0, 0.05) is 19.1 Å². The summed E-state index contributed by atoms with van der Waals surface area (Å²) in [4.78, 5) is 6.82. The Morgan fingerprint density at radius 1 is 1.61 bits per heavy atom. The maximum atomic E-state index is 12.1. The van der Waals surface area contributed by atoms with Gasteiger partial charge in [-0.05, 0) is 19.8 Å². The molecule has 1 aliphatic rings. The number of aromatic nitrogens is 2. The van der Waals surface area contributed by atoms with Gasteiger partial charge in [-0.1, -0.05) is 6.92 Å². The van der Waals surface area contributed by atoms with E-state index in [0.717, 1.165) is 0 Å². The van der Waals surface area contributed by atoms with E-state index in [4.69, 9.17) is 4.74 Å². The third-order valence-corrected chi connectivity index (χ3v) is 4.47. The zero-order valence-corrected chi connectivity index (χ0v) is 11.5. The summed E-state index contributed by atoms with van der Waals surface area (Å²) in [6.07, 6.45) is 3.56. The Hall–Kier alpha value is -0.920. The summed E-state index contributed by atoms with van der Waals surface area (Å²) in [5.41, 5.74) is 0. The molecule has 2 atom stereocenters. The van der Waals surface area contributed by atoms with Crippen molar-refractivity contribution in [2.45, 2.75) is 50.3 Å². The lowest BCUT2D eigenvalue weighted by molar-refractivity contribution is 0.0173. The summed E-state index contributed by atoms with van der Waals surface area (Å²) in [6.45, 7) is 4.46. The van der Waals surface area contributed by atoms with E-state index in [9.17, 15) is 8.42 Å². The molecular weight excluding hydrogens is 254 g/mol. The third kappa shape index (κ3) is 3.09. The van der Waals surface area contributed by atoms with Gasteiger partial charge in [0.2, 0.25) is 0 Å². The number of nitrogens with zero attached hydrogens (tertiary/aromatic N) is 1. The molecule has 0 amide bonds. The highest BCUT2D eigenvalue weighted by molar-refractivity contribution is 7.89. The van der Waals surface area contributed by atoms with Crippen LogP contribution in [0.5, 0.6) is 0 Å². The topological polar surface area (TPSA) is 84.1 Å².